The minimum Gasteiger partial charge on any atom is -0.486 e. The number of ether oxygens (including phenoxy) is 3. The van der Waals surface area contributed by atoms with E-state index in [9.17, 15) is 22.8 Å². The highest BCUT2D eigenvalue weighted by Crippen LogP contribution is 2.31. The second-order valence-electron chi connectivity index (χ2n) is 5.85. The molecule has 0 fully saturated rings. The van der Waals surface area contributed by atoms with E-state index in [4.69, 9.17) is 14.2 Å². The van der Waals surface area contributed by atoms with Crippen molar-refractivity contribution in [1.82, 2.24) is 0 Å². The van der Waals surface area contributed by atoms with Crippen LogP contribution in [0.1, 0.15) is 21.5 Å². The molecule has 0 unspecified atom stereocenters. The van der Waals surface area contributed by atoms with E-state index in [1.54, 1.807) is 6.07 Å². The van der Waals surface area contributed by atoms with Crippen LogP contribution in [0.25, 0.3) is 6.08 Å². The summed E-state index contributed by atoms with van der Waals surface area (Å²) in [5.74, 6) is -0.321. The van der Waals surface area contributed by atoms with Crippen molar-refractivity contribution in [3.05, 3.63) is 65.2 Å². The number of Topliss-reactive ketones (excluding diaryl/α,β-unsaturated/α-hetero) is 1. The number of benzene rings is 2. The van der Waals surface area contributed by atoms with Crippen LogP contribution in [0, 0.1) is 0 Å². The van der Waals surface area contributed by atoms with Crippen LogP contribution < -0.4 is 9.47 Å². The quantitative estimate of drug-likeness (QED) is 0.439. The molecule has 5 nitrogen and oxygen atoms in total. The molecule has 1 aliphatic rings. The van der Waals surface area contributed by atoms with Gasteiger partial charge in [0.2, 0.25) is 0 Å². The molecule has 2 aromatic rings. The van der Waals surface area contributed by atoms with Crippen LogP contribution >= 0.6 is 0 Å². The lowest BCUT2D eigenvalue weighted by molar-refractivity contribution is -0.138. The number of halogens is 3. The maximum absolute atomic E-state index is 12.7. The molecular formula is C20H15F3O5. The molecule has 0 spiro atoms. The SMILES string of the molecule is O=C(/C=C/c1cccc(C(F)(F)F)c1)OCC(=O)c1ccc2c(c1)OCCO2. The van der Waals surface area contributed by atoms with E-state index >= 15 is 0 Å². The smallest absolute Gasteiger partial charge is 0.416 e. The third-order valence-electron chi connectivity index (χ3n) is 3.84. The number of carbonyl (C=O) groups excluding carboxylic acids is 2. The van der Waals surface area contributed by atoms with E-state index in [0.717, 1.165) is 18.2 Å². The summed E-state index contributed by atoms with van der Waals surface area (Å²) in [5, 5.41) is 0. The molecule has 0 saturated heterocycles. The van der Waals surface area contributed by atoms with Crippen molar-refractivity contribution >= 4 is 17.8 Å². The molecule has 0 aromatic heterocycles. The molecule has 0 N–H and O–H groups in total. The molecule has 3 rings (SSSR count). The van der Waals surface area contributed by atoms with Gasteiger partial charge >= 0.3 is 12.1 Å². The molecule has 146 valence electrons. The lowest BCUT2D eigenvalue weighted by Gasteiger charge is -2.18. The molecule has 0 aliphatic carbocycles. The summed E-state index contributed by atoms with van der Waals surface area (Å²) < 4.78 is 53.6. The molecule has 2 aromatic carbocycles. The Morgan fingerprint density at radius 2 is 1.79 bits per heavy atom. The summed E-state index contributed by atoms with van der Waals surface area (Å²) >= 11 is 0. The van der Waals surface area contributed by atoms with Gasteiger partial charge < -0.3 is 14.2 Å². The summed E-state index contributed by atoms with van der Waals surface area (Å²) in [5.41, 5.74) is -0.347. The molecule has 0 radical (unpaired) electrons. The Balaban J connectivity index is 1.57. The number of alkyl halides is 3. The predicted octanol–water partition coefficient (Wildman–Crippen LogP) is 3.92. The minimum absolute atomic E-state index is 0.185. The number of carbonyl (C=O) groups is 2. The summed E-state index contributed by atoms with van der Waals surface area (Å²) in [6, 6.07) is 9.12. The van der Waals surface area contributed by atoms with Crippen molar-refractivity contribution in [3.8, 4) is 11.5 Å². The maximum atomic E-state index is 12.7. The fraction of sp³-hybridized carbons (Fsp3) is 0.200. The number of hydrogen-bond acceptors (Lipinski definition) is 5. The van der Waals surface area contributed by atoms with E-state index < -0.39 is 30.1 Å². The standard InChI is InChI=1S/C20H15F3O5/c21-20(22,23)15-3-1-2-13(10-15)4-7-19(25)28-12-16(24)14-5-6-17-18(11-14)27-9-8-26-17/h1-7,10-11H,8-9,12H2/b7-4+. The van der Waals surface area contributed by atoms with Gasteiger partial charge in [0.1, 0.15) is 13.2 Å². The van der Waals surface area contributed by atoms with E-state index in [1.165, 1.54) is 30.3 Å². The second kappa shape index (κ2) is 8.16. The number of rotatable bonds is 5. The average Bonchev–Trinajstić information content (AvgIpc) is 2.69. The van der Waals surface area contributed by atoms with E-state index in [-0.39, 0.29) is 5.56 Å². The largest absolute Gasteiger partial charge is 0.486 e. The maximum Gasteiger partial charge on any atom is 0.416 e. The molecule has 1 aliphatic heterocycles. The molecule has 0 atom stereocenters. The first-order chi connectivity index (χ1) is 13.3. The molecule has 1 heterocycles. The van der Waals surface area contributed by atoms with Gasteiger partial charge in [-0.15, -0.1) is 0 Å². The second-order valence-corrected chi connectivity index (χ2v) is 5.85. The summed E-state index contributed by atoms with van der Waals surface area (Å²) in [6.07, 6.45) is -2.32. The highest BCUT2D eigenvalue weighted by atomic mass is 19.4. The van der Waals surface area contributed by atoms with Crippen LogP contribution in [0.5, 0.6) is 11.5 Å². The average molecular weight is 392 g/mol. The highest BCUT2D eigenvalue weighted by molar-refractivity contribution is 5.99. The summed E-state index contributed by atoms with van der Waals surface area (Å²) in [6.45, 7) is 0.293. The van der Waals surface area contributed by atoms with Gasteiger partial charge in [-0.2, -0.15) is 13.2 Å². The van der Waals surface area contributed by atoms with Gasteiger partial charge in [-0.3, -0.25) is 4.79 Å². The van der Waals surface area contributed by atoms with Gasteiger partial charge in [0.15, 0.2) is 23.9 Å². The van der Waals surface area contributed by atoms with E-state index in [0.29, 0.717) is 30.3 Å². The van der Waals surface area contributed by atoms with Crippen LogP contribution in [0.4, 0.5) is 13.2 Å². The van der Waals surface area contributed by atoms with Crippen molar-refractivity contribution < 1.29 is 37.0 Å². The monoisotopic (exact) mass is 392 g/mol. The Bertz CT molecular complexity index is 918. The number of fused-ring (bicyclic) bond motifs is 1. The number of ketones is 1. The Kier molecular flexibility index (Phi) is 5.67. The first-order valence-corrected chi connectivity index (χ1v) is 8.28. The Morgan fingerprint density at radius 3 is 2.54 bits per heavy atom. The zero-order chi connectivity index (χ0) is 20.1. The van der Waals surface area contributed by atoms with Gasteiger partial charge in [0.25, 0.3) is 0 Å². The first kappa shape index (κ1) is 19.5. The normalized spacial score (nSPS) is 13.4. The lowest BCUT2D eigenvalue weighted by atomic mass is 10.1. The first-order valence-electron chi connectivity index (χ1n) is 8.28. The van der Waals surface area contributed by atoms with Gasteiger partial charge in [0, 0.05) is 11.6 Å². The van der Waals surface area contributed by atoms with Crippen LogP contribution in [0.2, 0.25) is 0 Å². The lowest BCUT2D eigenvalue weighted by Crippen LogP contribution is -2.17. The summed E-state index contributed by atoms with van der Waals surface area (Å²) in [7, 11) is 0. The van der Waals surface area contributed by atoms with Crippen molar-refractivity contribution in [3.63, 3.8) is 0 Å². The van der Waals surface area contributed by atoms with Crippen molar-refractivity contribution in [1.29, 1.82) is 0 Å². The van der Waals surface area contributed by atoms with Crippen LogP contribution in [0.15, 0.2) is 48.5 Å². The zero-order valence-electron chi connectivity index (χ0n) is 14.5. The molecule has 0 amide bonds. The third-order valence-corrected chi connectivity index (χ3v) is 3.84. The zero-order valence-corrected chi connectivity index (χ0v) is 14.5. The molecule has 0 bridgehead atoms. The fourth-order valence-electron chi connectivity index (χ4n) is 2.47. The van der Waals surface area contributed by atoms with Gasteiger partial charge in [-0.25, -0.2) is 4.79 Å². The Hall–Kier alpha value is -3.29. The number of esters is 1. The molecule has 0 saturated carbocycles. The Labute approximate surface area is 158 Å². The molecule has 8 heteroatoms. The number of hydrogen-bond donors (Lipinski definition) is 0. The molecular weight excluding hydrogens is 377 g/mol. The van der Waals surface area contributed by atoms with E-state index in [2.05, 4.69) is 0 Å². The summed E-state index contributed by atoms with van der Waals surface area (Å²) in [4.78, 5) is 23.9. The third kappa shape index (κ3) is 4.91. The fourth-order valence-corrected chi connectivity index (χ4v) is 2.47. The van der Waals surface area contributed by atoms with Gasteiger partial charge in [-0.05, 0) is 42.0 Å². The van der Waals surface area contributed by atoms with Crippen molar-refractivity contribution in [2.75, 3.05) is 19.8 Å². The van der Waals surface area contributed by atoms with E-state index in [1.807, 2.05) is 0 Å². The van der Waals surface area contributed by atoms with Crippen LogP contribution in [-0.2, 0) is 15.7 Å². The Morgan fingerprint density at radius 1 is 1.04 bits per heavy atom. The van der Waals surface area contributed by atoms with Gasteiger partial charge in [-0.1, -0.05) is 12.1 Å². The predicted molar refractivity (Wildman–Crippen MR) is 93.2 cm³/mol. The van der Waals surface area contributed by atoms with Crippen LogP contribution in [-0.4, -0.2) is 31.6 Å². The highest BCUT2D eigenvalue weighted by Gasteiger charge is 2.30. The minimum atomic E-state index is -4.47. The van der Waals surface area contributed by atoms with Crippen molar-refractivity contribution in [2.24, 2.45) is 0 Å². The topological polar surface area (TPSA) is 61.8 Å². The van der Waals surface area contributed by atoms with Crippen LogP contribution in [0.3, 0.4) is 0 Å². The van der Waals surface area contributed by atoms with Gasteiger partial charge in [0.05, 0.1) is 5.56 Å². The molecule has 28 heavy (non-hydrogen) atoms. The van der Waals surface area contributed by atoms with Crippen molar-refractivity contribution in [2.45, 2.75) is 6.18 Å².